The van der Waals surface area contributed by atoms with Crippen LogP contribution in [0, 0.1) is 0 Å². The standard InChI is InChI=1S/C21H20N2O4S/c1-23(19-7-3-2-4-8-19)28(26,27)20-9-5-6-18(14-20)22-21(25)17-12-10-16(15-24)11-13-17/h2-14,24H,15H2,1H3,(H,22,25). The second kappa shape index (κ2) is 8.24. The summed E-state index contributed by atoms with van der Waals surface area (Å²) in [6.07, 6.45) is 0. The molecule has 0 heterocycles. The van der Waals surface area contributed by atoms with E-state index in [1.807, 2.05) is 6.07 Å². The van der Waals surface area contributed by atoms with Gasteiger partial charge in [-0.15, -0.1) is 0 Å². The second-order valence-corrected chi connectivity index (χ2v) is 8.11. The van der Waals surface area contributed by atoms with Gasteiger partial charge in [0, 0.05) is 18.3 Å². The Morgan fingerprint density at radius 3 is 2.29 bits per heavy atom. The van der Waals surface area contributed by atoms with Crippen LogP contribution >= 0.6 is 0 Å². The summed E-state index contributed by atoms with van der Waals surface area (Å²) in [7, 11) is -2.28. The highest BCUT2D eigenvalue weighted by atomic mass is 32.2. The molecule has 0 unspecified atom stereocenters. The Morgan fingerprint density at radius 2 is 1.64 bits per heavy atom. The van der Waals surface area contributed by atoms with E-state index < -0.39 is 10.0 Å². The highest BCUT2D eigenvalue weighted by Crippen LogP contribution is 2.24. The van der Waals surface area contributed by atoms with Gasteiger partial charge in [-0.2, -0.15) is 0 Å². The van der Waals surface area contributed by atoms with Crippen LogP contribution in [0.25, 0.3) is 0 Å². The van der Waals surface area contributed by atoms with Crippen LogP contribution in [0.1, 0.15) is 15.9 Å². The number of para-hydroxylation sites is 1. The van der Waals surface area contributed by atoms with Crippen LogP contribution in [0.5, 0.6) is 0 Å². The van der Waals surface area contributed by atoms with E-state index in [4.69, 9.17) is 5.11 Å². The minimum absolute atomic E-state index is 0.0762. The van der Waals surface area contributed by atoms with Crippen molar-refractivity contribution < 1.29 is 18.3 Å². The lowest BCUT2D eigenvalue weighted by Gasteiger charge is -2.19. The zero-order chi connectivity index (χ0) is 20.1. The SMILES string of the molecule is CN(c1ccccc1)S(=O)(=O)c1cccc(NC(=O)c2ccc(CO)cc2)c1. The molecule has 28 heavy (non-hydrogen) atoms. The average molecular weight is 396 g/mol. The van der Waals surface area contributed by atoms with E-state index in [1.165, 1.54) is 23.5 Å². The smallest absolute Gasteiger partial charge is 0.264 e. The van der Waals surface area contributed by atoms with Crippen LogP contribution in [-0.4, -0.2) is 26.5 Å². The number of anilines is 2. The summed E-state index contributed by atoms with van der Waals surface area (Å²) in [5.41, 5.74) is 2.03. The fraction of sp³-hybridized carbons (Fsp3) is 0.0952. The molecule has 0 atom stereocenters. The van der Waals surface area contributed by atoms with Crippen LogP contribution in [0.3, 0.4) is 0 Å². The van der Waals surface area contributed by atoms with Crippen LogP contribution < -0.4 is 9.62 Å². The monoisotopic (exact) mass is 396 g/mol. The molecule has 0 spiro atoms. The van der Waals surface area contributed by atoms with Crippen molar-refractivity contribution in [1.29, 1.82) is 0 Å². The van der Waals surface area contributed by atoms with Gasteiger partial charge >= 0.3 is 0 Å². The molecular formula is C21H20N2O4S. The largest absolute Gasteiger partial charge is 0.392 e. The Bertz CT molecular complexity index is 1070. The summed E-state index contributed by atoms with van der Waals surface area (Å²) < 4.78 is 27.0. The summed E-state index contributed by atoms with van der Waals surface area (Å²) in [5, 5.41) is 11.8. The average Bonchev–Trinajstić information content (AvgIpc) is 2.74. The van der Waals surface area contributed by atoms with Crippen molar-refractivity contribution in [1.82, 2.24) is 0 Å². The summed E-state index contributed by atoms with van der Waals surface area (Å²) >= 11 is 0. The third-order valence-corrected chi connectivity index (χ3v) is 6.05. The molecule has 3 aromatic rings. The molecule has 7 heteroatoms. The number of hydrogen-bond donors (Lipinski definition) is 2. The first-order valence-electron chi connectivity index (χ1n) is 8.57. The summed E-state index contributed by atoms with van der Waals surface area (Å²) in [6, 6.07) is 21.4. The van der Waals surface area contributed by atoms with Gasteiger partial charge in [0.1, 0.15) is 0 Å². The van der Waals surface area contributed by atoms with Crippen molar-refractivity contribution in [3.63, 3.8) is 0 Å². The molecule has 0 aliphatic carbocycles. The number of aliphatic hydroxyl groups excluding tert-OH is 1. The lowest BCUT2D eigenvalue weighted by molar-refractivity contribution is 0.102. The van der Waals surface area contributed by atoms with Crippen LogP contribution in [0.15, 0.2) is 83.8 Å². The van der Waals surface area contributed by atoms with Gasteiger partial charge in [-0.05, 0) is 48.0 Å². The molecule has 0 aliphatic heterocycles. The first-order valence-corrected chi connectivity index (χ1v) is 10.0. The van der Waals surface area contributed by atoms with Gasteiger partial charge in [0.2, 0.25) is 0 Å². The van der Waals surface area contributed by atoms with E-state index >= 15 is 0 Å². The van der Waals surface area contributed by atoms with Gasteiger partial charge in [0.15, 0.2) is 0 Å². The predicted molar refractivity (Wildman–Crippen MR) is 109 cm³/mol. The van der Waals surface area contributed by atoms with E-state index in [1.54, 1.807) is 60.7 Å². The molecule has 0 saturated heterocycles. The zero-order valence-electron chi connectivity index (χ0n) is 15.2. The van der Waals surface area contributed by atoms with Crippen molar-refractivity contribution in [2.75, 3.05) is 16.7 Å². The van der Waals surface area contributed by atoms with Crippen molar-refractivity contribution >= 4 is 27.3 Å². The highest BCUT2D eigenvalue weighted by molar-refractivity contribution is 7.92. The quantitative estimate of drug-likeness (QED) is 0.670. The maximum Gasteiger partial charge on any atom is 0.264 e. The van der Waals surface area contributed by atoms with Gasteiger partial charge in [-0.1, -0.05) is 36.4 Å². The van der Waals surface area contributed by atoms with Crippen molar-refractivity contribution in [3.05, 3.63) is 90.0 Å². The second-order valence-electron chi connectivity index (χ2n) is 6.15. The maximum atomic E-state index is 12.9. The molecule has 0 bridgehead atoms. The van der Waals surface area contributed by atoms with Crippen LogP contribution in [0.2, 0.25) is 0 Å². The summed E-state index contributed by atoms with van der Waals surface area (Å²) in [5.74, 6) is -0.365. The number of aliphatic hydroxyl groups is 1. The number of rotatable bonds is 6. The predicted octanol–water partition coefficient (Wildman–Crippen LogP) is 3.26. The molecule has 6 nitrogen and oxygen atoms in total. The molecule has 144 valence electrons. The van der Waals surface area contributed by atoms with Crippen molar-refractivity contribution in [3.8, 4) is 0 Å². The third kappa shape index (κ3) is 4.21. The van der Waals surface area contributed by atoms with Gasteiger partial charge in [0.25, 0.3) is 15.9 Å². The number of amides is 1. The van der Waals surface area contributed by atoms with Crippen LogP contribution in [-0.2, 0) is 16.6 Å². The normalized spacial score (nSPS) is 11.1. The van der Waals surface area contributed by atoms with Gasteiger partial charge in [-0.3, -0.25) is 9.10 Å². The number of nitrogens with zero attached hydrogens (tertiary/aromatic N) is 1. The number of benzene rings is 3. The first-order chi connectivity index (χ1) is 13.4. The number of carbonyl (C=O) groups excluding carboxylic acids is 1. The minimum atomic E-state index is -3.77. The summed E-state index contributed by atoms with van der Waals surface area (Å²) in [4.78, 5) is 12.5. The lowest BCUT2D eigenvalue weighted by Crippen LogP contribution is -2.26. The first kappa shape index (κ1) is 19.6. The van der Waals surface area contributed by atoms with Gasteiger partial charge in [-0.25, -0.2) is 8.42 Å². The Kier molecular flexibility index (Phi) is 5.77. The van der Waals surface area contributed by atoms with Gasteiger partial charge in [0.05, 0.1) is 17.2 Å². The molecule has 2 N–H and O–H groups in total. The molecule has 0 radical (unpaired) electrons. The Labute approximate surface area is 164 Å². The minimum Gasteiger partial charge on any atom is -0.392 e. The van der Waals surface area contributed by atoms with E-state index in [9.17, 15) is 13.2 Å². The van der Waals surface area contributed by atoms with Crippen LogP contribution in [0.4, 0.5) is 11.4 Å². The molecular weight excluding hydrogens is 376 g/mol. The molecule has 0 aliphatic rings. The highest BCUT2D eigenvalue weighted by Gasteiger charge is 2.21. The van der Waals surface area contributed by atoms with E-state index in [-0.39, 0.29) is 17.4 Å². The maximum absolute atomic E-state index is 12.9. The van der Waals surface area contributed by atoms with Crippen molar-refractivity contribution in [2.24, 2.45) is 0 Å². The van der Waals surface area contributed by atoms with Crippen molar-refractivity contribution in [2.45, 2.75) is 11.5 Å². The van der Waals surface area contributed by atoms with Gasteiger partial charge < -0.3 is 10.4 Å². The molecule has 1 amide bonds. The van der Waals surface area contributed by atoms with E-state index in [0.29, 0.717) is 22.5 Å². The van der Waals surface area contributed by atoms with E-state index in [0.717, 1.165) is 0 Å². The Hall–Kier alpha value is -3.16. The number of nitrogens with one attached hydrogen (secondary N) is 1. The topological polar surface area (TPSA) is 86.7 Å². The Morgan fingerprint density at radius 1 is 0.964 bits per heavy atom. The summed E-state index contributed by atoms with van der Waals surface area (Å²) in [6.45, 7) is -0.100. The number of sulfonamides is 1. The lowest BCUT2D eigenvalue weighted by atomic mass is 10.1. The fourth-order valence-electron chi connectivity index (χ4n) is 2.63. The van der Waals surface area contributed by atoms with E-state index in [2.05, 4.69) is 5.32 Å². The molecule has 0 saturated carbocycles. The molecule has 0 fully saturated rings. The Balaban J connectivity index is 1.82. The molecule has 3 rings (SSSR count). The third-order valence-electron chi connectivity index (χ3n) is 4.27. The zero-order valence-corrected chi connectivity index (χ0v) is 16.1. The molecule has 0 aromatic heterocycles. The number of carbonyl (C=O) groups is 1. The fourth-order valence-corrected chi connectivity index (χ4v) is 3.88. The molecule has 3 aromatic carbocycles. The number of hydrogen-bond acceptors (Lipinski definition) is 4.